The van der Waals surface area contributed by atoms with Gasteiger partial charge in [-0.15, -0.1) is 0 Å². The Balaban J connectivity index is 2.53. The fraction of sp³-hybridized carbons (Fsp3) is 0.316. The molecule has 27 heavy (non-hydrogen) atoms. The van der Waals surface area contributed by atoms with E-state index in [-0.39, 0.29) is 11.5 Å². The van der Waals surface area contributed by atoms with Gasteiger partial charge in [-0.05, 0) is 49.7 Å². The summed E-state index contributed by atoms with van der Waals surface area (Å²) in [5, 5.41) is 0. The van der Waals surface area contributed by atoms with E-state index in [1.54, 1.807) is 44.2 Å². The van der Waals surface area contributed by atoms with Gasteiger partial charge in [-0.25, -0.2) is 8.42 Å². The lowest BCUT2D eigenvalue weighted by Gasteiger charge is -2.24. The topological polar surface area (TPSA) is 82.1 Å². The molecular formula is C19H23NO6S. The van der Waals surface area contributed by atoms with Gasteiger partial charge in [0.25, 0.3) is 10.0 Å². The van der Waals surface area contributed by atoms with E-state index in [1.165, 1.54) is 26.4 Å². The van der Waals surface area contributed by atoms with Crippen molar-refractivity contribution in [3.05, 3.63) is 48.0 Å². The van der Waals surface area contributed by atoms with Gasteiger partial charge in [0.2, 0.25) is 0 Å². The second-order valence-electron chi connectivity index (χ2n) is 5.65. The number of carbonyl (C=O) groups excluding carboxylic acids is 1. The Morgan fingerprint density at radius 2 is 1.81 bits per heavy atom. The molecule has 0 saturated heterocycles. The van der Waals surface area contributed by atoms with E-state index in [9.17, 15) is 13.2 Å². The molecule has 0 unspecified atom stereocenters. The number of esters is 1. The van der Waals surface area contributed by atoms with Gasteiger partial charge in [0.15, 0.2) is 0 Å². The number of nitrogens with zero attached hydrogens (tertiary/aromatic N) is 1. The summed E-state index contributed by atoms with van der Waals surface area (Å²) < 4.78 is 42.8. The minimum absolute atomic E-state index is 0.0490. The molecule has 2 aromatic carbocycles. The standard InChI is InChI=1S/C19H23NO6S/c1-5-26-19(21)13-20(15-7-6-8-16(12-15)24-3)27(22,23)17-9-10-18(25-4)14(2)11-17/h6-12H,5,13H2,1-4H3. The summed E-state index contributed by atoms with van der Waals surface area (Å²) in [5.41, 5.74) is 0.969. The first-order valence-electron chi connectivity index (χ1n) is 8.30. The highest BCUT2D eigenvalue weighted by molar-refractivity contribution is 7.92. The van der Waals surface area contributed by atoms with E-state index < -0.39 is 22.5 Å². The monoisotopic (exact) mass is 393 g/mol. The van der Waals surface area contributed by atoms with Crippen LogP contribution in [0.25, 0.3) is 0 Å². The first kappa shape index (κ1) is 20.6. The Kier molecular flexibility index (Phi) is 6.68. The fourth-order valence-electron chi connectivity index (χ4n) is 2.54. The normalized spacial score (nSPS) is 11.0. The number of aryl methyl sites for hydroxylation is 1. The predicted molar refractivity (Wildman–Crippen MR) is 102 cm³/mol. The van der Waals surface area contributed by atoms with Crippen LogP contribution in [0.15, 0.2) is 47.4 Å². The number of hydrogen-bond donors (Lipinski definition) is 0. The zero-order valence-corrected chi connectivity index (χ0v) is 16.6. The van der Waals surface area contributed by atoms with Crippen molar-refractivity contribution in [1.29, 1.82) is 0 Å². The number of carbonyl (C=O) groups is 1. The van der Waals surface area contributed by atoms with Crippen LogP contribution >= 0.6 is 0 Å². The van der Waals surface area contributed by atoms with Crippen LogP contribution in [-0.2, 0) is 19.6 Å². The summed E-state index contributed by atoms with van der Waals surface area (Å²) >= 11 is 0. The molecule has 0 fully saturated rings. The van der Waals surface area contributed by atoms with Gasteiger partial charge in [-0.2, -0.15) is 0 Å². The molecule has 0 aliphatic rings. The molecule has 0 N–H and O–H groups in total. The highest BCUT2D eigenvalue weighted by atomic mass is 32.2. The van der Waals surface area contributed by atoms with E-state index in [2.05, 4.69) is 0 Å². The molecule has 0 aliphatic heterocycles. The highest BCUT2D eigenvalue weighted by Crippen LogP contribution is 2.29. The first-order chi connectivity index (χ1) is 12.8. The van der Waals surface area contributed by atoms with Crippen LogP contribution in [0.2, 0.25) is 0 Å². The molecule has 0 spiro atoms. The van der Waals surface area contributed by atoms with Crippen molar-refractivity contribution in [3.8, 4) is 11.5 Å². The van der Waals surface area contributed by atoms with Crippen LogP contribution in [0.5, 0.6) is 11.5 Å². The Bertz CT molecular complexity index is 910. The van der Waals surface area contributed by atoms with Crippen LogP contribution in [0, 0.1) is 6.92 Å². The summed E-state index contributed by atoms with van der Waals surface area (Å²) in [6.45, 7) is 3.12. The summed E-state index contributed by atoms with van der Waals surface area (Å²) in [6, 6.07) is 11.0. The van der Waals surface area contributed by atoms with E-state index in [1.807, 2.05) is 0 Å². The molecule has 0 amide bonds. The van der Waals surface area contributed by atoms with Crippen molar-refractivity contribution in [1.82, 2.24) is 0 Å². The number of ether oxygens (including phenoxy) is 3. The minimum Gasteiger partial charge on any atom is -0.497 e. The number of sulfonamides is 1. The lowest BCUT2D eigenvalue weighted by Crippen LogP contribution is -2.36. The molecule has 8 heteroatoms. The smallest absolute Gasteiger partial charge is 0.326 e. The third-order valence-corrected chi connectivity index (χ3v) is 5.64. The average Bonchev–Trinajstić information content (AvgIpc) is 2.66. The number of rotatable bonds is 8. The second kappa shape index (κ2) is 8.77. The summed E-state index contributed by atoms with van der Waals surface area (Å²) in [7, 11) is -1.02. The zero-order chi connectivity index (χ0) is 20.0. The fourth-order valence-corrected chi connectivity index (χ4v) is 4.03. The lowest BCUT2D eigenvalue weighted by molar-refractivity contribution is -0.141. The van der Waals surface area contributed by atoms with Gasteiger partial charge in [0.05, 0.1) is 31.4 Å². The molecule has 0 heterocycles. The van der Waals surface area contributed by atoms with Crippen LogP contribution in [0.3, 0.4) is 0 Å². The maximum absolute atomic E-state index is 13.3. The minimum atomic E-state index is -4.02. The molecule has 7 nitrogen and oxygen atoms in total. The Labute approximate surface area is 159 Å². The predicted octanol–water partition coefficient (Wildman–Crippen LogP) is 2.77. The van der Waals surface area contributed by atoms with Crippen LogP contribution < -0.4 is 13.8 Å². The van der Waals surface area contributed by atoms with E-state index >= 15 is 0 Å². The van der Waals surface area contributed by atoms with E-state index in [4.69, 9.17) is 14.2 Å². The molecule has 0 saturated carbocycles. The van der Waals surface area contributed by atoms with Crippen molar-refractivity contribution in [2.75, 3.05) is 31.7 Å². The van der Waals surface area contributed by atoms with Gasteiger partial charge in [-0.3, -0.25) is 9.10 Å². The summed E-state index contributed by atoms with van der Waals surface area (Å²) in [5.74, 6) is 0.406. The maximum atomic E-state index is 13.3. The Morgan fingerprint density at radius 1 is 1.07 bits per heavy atom. The van der Waals surface area contributed by atoms with Crippen molar-refractivity contribution in [3.63, 3.8) is 0 Å². The van der Waals surface area contributed by atoms with E-state index in [0.29, 0.717) is 22.7 Å². The van der Waals surface area contributed by atoms with Crippen LogP contribution in [0.4, 0.5) is 5.69 Å². The molecule has 0 aliphatic carbocycles. The Morgan fingerprint density at radius 3 is 2.41 bits per heavy atom. The zero-order valence-electron chi connectivity index (χ0n) is 15.8. The molecular weight excluding hydrogens is 370 g/mol. The molecule has 0 atom stereocenters. The molecule has 0 radical (unpaired) electrons. The number of anilines is 1. The van der Waals surface area contributed by atoms with Gasteiger partial charge in [-0.1, -0.05) is 6.07 Å². The third-order valence-electron chi connectivity index (χ3n) is 3.87. The average molecular weight is 393 g/mol. The van der Waals surface area contributed by atoms with Crippen molar-refractivity contribution < 1.29 is 27.4 Å². The quantitative estimate of drug-likeness (QED) is 0.642. The Hall–Kier alpha value is -2.74. The van der Waals surface area contributed by atoms with Gasteiger partial charge in [0.1, 0.15) is 18.0 Å². The van der Waals surface area contributed by atoms with Crippen molar-refractivity contribution >= 4 is 21.7 Å². The summed E-state index contributed by atoms with van der Waals surface area (Å²) in [4.78, 5) is 12.1. The van der Waals surface area contributed by atoms with Crippen molar-refractivity contribution in [2.45, 2.75) is 18.7 Å². The largest absolute Gasteiger partial charge is 0.497 e. The highest BCUT2D eigenvalue weighted by Gasteiger charge is 2.28. The maximum Gasteiger partial charge on any atom is 0.326 e. The van der Waals surface area contributed by atoms with E-state index in [0.717, 1.165) is 4.31 Å². The summed E-state index contributed by atoms with van der Waals surface area (Å²) in [6.07, 6.45) is 0. The third kappa shape index (κ3) is 4.71. The molecule has 2 rings (SSSR count). The molecule has 0 aromatic heterocycles. The van der Waals surface area contributed by atoms with Crippen LogP contribution in [-0.4, -0.2) is 41.8 Å². The molecule has 0 bridgehead atoms. The second-order valence-corrected chi connectivity index (χ2v) is 7.51. The number of benzene rings is 2. The van der Waals surface area contributed by atoms with Gasteiger partial charge >= 0.3 is 5.97 Å². The SMILES string of the molecule is CCOC(=O)CN(c1cccc(OC)c1)S(=O)(=O)c1ccc(OC)c(C)c1. The first-order valence-corrected chi connectivity index (χ1v) is 9.74. The van der Waals surface area contributed by atoms with Crippen LogP contribution in [0.1, 0.15) is 12.5 Å². The molecule has 146 valence electrons. The number of methoxy groups -OCH3 is 2. The van der Waals surface area contributed by atoms with Crippen molar-refractivity contribution in [2.24, 2.45) is 0 Å². The lowest BCUT2D eigenvalue weighted by atomic mass is 10.2. The number of hydrogen-bond acceptors (Lipinski definition) is 6. The van der Waals surface area contributed by atoms with Gasteiger partial charge < -0.3 is 14.2 Å². The molecule has 2 aromatic rings. The van der Waals surface area contributed by atoms with Gasteiger partial charge in [0, 0.05) is 6.07 Å².